The predicted molar refractivity (Wildman–Crippen MR) is 94.9 cm³/mol. The summed E-state index contributed by atoms with van der Waals surface area (Å²) in [5.74, 6) is 0. The van der Waals surface area contributed by atoms with Gasteiger partial charge in [-0.2, -0.15) is 0 Å². The lowest BCUT2D eigenvalue weighted by Gasteiger charge is -2.29. The SMILES string of the molecule is CN(CC1Cc2ccccc2CO1)C(=O)NCCc1ccccc1. The van der Waals surface area contributed by atoms with Crippen LogP contribution in [0.4, 0.5) is 4.79 Å². The summed E-state index contributed by atoms with van der Waals surface area (Å²) in [6.07, 6.45) is 1.76. The van der Waals surface area contributed by atoms with Crippen molar-refractivity contribution in [1.29, 1.82) is 0 Å². The van der Waals surface area contributed by atoms with E-state index < -0.39 is 0 Å². The third kappa shape index (κ3) is 4.36. The second kappa shape index (κ2) is 7.97. The van der Waals surface area contributed by atoms with Crippen LogP contribution in [-0.4, -0.2) is 37.2 Å². The van der Waals surface area contributed by atoms with Crippen molar-refractivity contribution in [2.45, 2.75) is 25.6 Å². The van der Waals surface area contributed by atoms with Crippen LogP contribution in [0.25, 0.3) is 0 Å². The number of nitrogens with one attached hydrogen (secondary N) is 1. The molecule has 2 amide bonds. The zero-order valence-electron chi connectivity index (χ0n) is 14.1. The maximum Gasteiger partial charge on any atom is 0.317 e. The monoisotopic (exact) mass is 324 g/mol. The highest BCUT2D eigenvalue weighted by atomic mass is 16.5. The van der Waals surface area contributed by atoms with Gasteiger partial charge in [0.2, 0.25) is 0 Å². The average molecular weight is 324 g/mol. The second-order valence-electron chi connectivity index (χ2n) is 6.25. The quantitative estimate of drug-likeness (QED) is 0.918. The summed E-state index contributed by atoms with van der Waals surface area (Å²) in [4.78, 5) is 13.9. The molecule has 0 radical (unpaired) electrons. The first-order chi connectivity index (χ1) is 11.7. The number of urea groups is 1. The van der Waals surface area contributed by atoms with Gasteiger partial charge < -0.3 is 15.0 Å². The molecular formula is C20H24N2O2. The molecule has 2 aromatic carbocycles. The maximum atomic E-state index is 12.2. The lowest BCUT2D eigenvalue weighted by molar-refractivity contribution is 0.0150. The number of rotatable bonds is 5. The molecule has 1 aliphatic heterocycles. The van der Waals surface area contributed by atoms with Crippen LogP contribution in [0.1, 0.15) is 16.7 Å². The van der Waals surface area contributed by atoms with Crippen molar-refractivity contribution in [2.75, 3.05) is 20.1 Å². The minimum Gasteiger partial charge on any atom is -0.371 e. The number of nitrogens with zero attached hydrogens (tertiary/aromatic N) is 1. The highest BCUT2D eigenvalue weighted by Crippen LogP contribution is 2.20. The highest BCUT2D eigenvalue weighted by Gasteiger charge is 2.21. The molecular weight excluding hydrogens is 300 g/mol. The average Bonchev–Trinajstić information content (AvgIpc) is 2.62. The lowest BCUT2D eigenvalue weighted by Crippen LogP contribution is -2.43. The molecule has 0 spiro atoms. The fourth-order valence-electron chi connectivity index (χ4n) is 3.01. The number of hydrogen-bond donors (Lipinski definition) is 1. The summed E-state index contributed by atoms with van der Waals surface area (Å²) in [5.41, 5.74) is 3.81. The van der Waals surface area contributed by atoms with E-state index in [1.165, 1.54) is 16.7 Å². The van der Waals surface area contributed by atoms with Crippen LogP contribution < -0.4 is 5.32 Å². The standard InChI is InChI=1S/C20H24N2O2/c1-22(20(23)21-12-11-16-7-3-2-4-8-16)14-19-13-17-9-5-6-10-18(17)15-24-19/h2-10,19H,11-15H2,1H3,(H,21,23). The number of hydrogen-bond acceptors (Lipinski definition) is 2. The second-order valence-corrected chi connectivity index (χ2v) is 6.25. The Balaban J connectivity index is 1.43. The predicted octanol–water partition coefficient (Wildman–Crippen LogP) is 3.01. The Hall–Kier alpha value is -2.33. The number of amides is 2. The van der Waals surface area contributed by atoms with Crippen molar-refractivity contribution >= 4 is 6.03 Å². The minimum absolute atomic E-state index is 0.0478. The highest BCUT2D eigenvalue weighted by molar-refractivity contribution is 5.73. The van der Waals surface area contributed by atoms with E-state index in [2.05, 4.69) is 35.6 Å². The van der Waals surface area contributed by atoms with Gasteiger partial charge in [0.05, 0.1) is 12.7 Å². The minimum atomic E-state index is -0.0478. The van der Waals surface area contributed by atoms with E-state index >= 15 is 0 Å². The number of carbonyl (C=O) groups excluding carboxylic acids is 1. The van der Waals surface area contributed by atoms with Gasteiger partial charge in [-0.05, 0) is 23.1 Å². The molecule has 126 valence electrons. The van der Waals surface area contributed by atoms with Gasteiger partial charge in [0, 0.05) is 26.6 Å². The van der Waals surface area contributed by atoms with Crippen LogP contribution in [0, 0.1) is 0 Å². The lowest BCUT2D eigenvalue weighted by atomic mass is 9.99. The zero-order valence-corrected chi connectivity index (χ0v) is 14.1. The summed E-state index contributed by atoms with van der Waals surface area (Å²) in [6, 6.07) is 18.5. The van der Waals surface area contributed by atoms with Gasteiger partial charge in [-0.1, -0.05) is 54.6 Å². The Bertz CT molecular complexity index is 672. The first-order valence-corrected chi connectivity index (χ1v) is 8.43. The topological polar surface area (TPSA) is 41.6 Å². The molecule has 24 heavy (non-hydrogen) atoms. The van der Waals surface area contributed by atoms with E-state index in [1.807, 2.05) is 31.3 Å². The van der Waals surface area contributed by atoms with Crippen molar-refractivity contribution in [1.82, 2.24) is 10.2 Å². The molecule has 4 nitrogen and oxygen atoms in total. The molecule has 1 unspecified atom stereocenters. The molecule has 0 aromatic heterocycles. The molecule has 4 heteroatoms. The molecule has 0 bridgehead atoms. The molecule has 1 heterocycles. The van der Waals surface area contributed by atoms with Crippen molar-refractivity contribution in [3.05, 3.63) is 71.3 Å². The van der Waals surface area contributed by atoms with Gasteiger partial charge in [0.15, 0.2) is 0 Å². The van der Waals surface area contributed by atoms with Gasteiger partial charge in [0.25, 0.3) is 0 Å². The Morgan fingerprint density at radius 1 is 1.12 bits per heavy atom. The van der Waals surface area contributed by atoms with Gasteiger partial charge in [-0.3, -0.25) is 0 Å². The summed E-state index contributed by atoms with van der Waals surface area (Å²) in [7, 11) is 1.82. The van der Waals surface area contributed by atoms with Crippen molar-refractivity contribution in [2.24, 2.45) is 0 Å². The van der Waals surface area contributed by atoms with Crippen molar-refractivity contribution in [3.8, 4) is 0 Å². The Morgan fingerprint density at radius 2 is 1.83 bits per heavy atom. The van der Waals surface area contributed by atoms with E-state index in [1.54, 1.807) is 4.90 Å². The third-order valence-corrected chi connectivity index (χ3v) is 4.40. The molecule has 1 N–H and O–H groups in total. The Labute approximate surface area is 143 Å². The maximum absolute atomic E-state index is 12.2. The van der Waals surface area contributed by atoms with Crippen LogP contribution in [0.2, 0.25) is 0 Å². The Morgan fingerprint density at radius 3 is 2.62 bits per heavy atom. The van der Waals surface area contributed by atoms with E-state index in [4.69, 9.17) is 4.74 Å². The van der Waals surface area contributed by atoms with Crippen LogP contribution in [0.3, 0.4) is 0 Å². The number of ether oxygens (including phenoxy) is 1. The largest absolute Gasteiger partial charge is 0.371 e. The number of likely N-dealkylation sites (N-methyl/N-ethyl adjacent to an activating group) is 1. The number of carbonyl (C=O) groups is 1. The number of benzene rings is 2. The molecule has 3 rings (SSSR count). The fourth-order valence-corrected chi connectivity index (χ4v) is 3.01. The van der Waals surface area contributed by atoms with Crippen LogP contribution in [0.15, 0.2) is 54.6 Å². The molecule has 1 aliphatic rings. The normalized spacial score (nSPS) is 16.3. The van der Waals surface area contributed by atoms with Crippen molar-refractivity contribution < 1.29 is 9.53 Å². The van der Waals surface area contributed by atoms with Crippen molar-refractivity contribution in [3.63, 3.8) is 0 Å². The molecule has 2 aromatic rings. The van der Waals surface area contributed by atoms with Gasteiger partial charge in [-0.15, -0.1) is 0 Å². The summed E-state index contributed by atoms with van der Waals surface area (Å²) < 4.78 is 5.88. The third-order valence-electron chi connectivity index (χ3n) is 4.40. The van der Waals surface area contributed by atoms with Gasteiger partial charge >= 0.3 is 6.03 Å². The zero-order chi connectivity index (χ0) is 16.8. The first kappa shape index (κ1) is 16.5. The smallest absolute Gasteiger partial charge is 0.317 e. The molecule has 0 fully saturated rings. The summed E-state index contributed by atoms with van der Waals surface area (Å²) in [6.45, 7) is 1.87. The summed E-state index contributed by atoms with van der Waals surface area (Å²) in [5, 5.41) is 2.97. The van der Waals surface area contributed by atoms with Crippen LogP contribution in [-0.2, 0) is 24.2 Å². The van der Waals surface area contributed by atoms with E-state index in [0.29, 0.717) is 19.7 Å². The van der Waals surface area contributed by atoms with E-state index in [9.17, 15) is 4.79 Å². The fraction of sp³-hybridized carbons (Fsp3) is 0.350. The Kier molecular flexibility index (Phi) is 5.49. The van der Waals surface area contributed by atoms with E-state index in [0.717, 1.165) is 12.8 Å². The summed E-state index contributed by atoms with van der Waals surface area (Å²) >= 11 is 0. The van der Waals surface area contributed by atoms with E-state index in [-0.39, 0.29) is 12.1 Å². The van der Waals surface area contributed by atoms with Gasteiger partial charge in [-0.25, -0.2) is 4.79 Å². The molecule has 0 aliphatic carbocycles. The van der Waals surface area contributed by atoms with Gasteiger partial charge in [0.1, 0.15) is 0 Å². The number of fused-ring (bicyclic) bond motifs is 1. The molecule has 1 atom stereocenters. The van der Waals surface area contributed by atoms with Crippen LogP contribution in [0.5, 0.6) is 0 Å². The molecule has 0 saturated heterocycles. The molecule has 0 saturated carbocycles. The van der Waals surface area contributed by atoms with Crippen LogP contribution >= 0.6 is 0 Å². The first-order valence-electron chi connectivity index (χ1n) is 8.43.